The van der Waals surface area contributed by atoms with Crippen LogP contribution in [-0.2, 0) is 11.9 Å². The molecular weight excluding hydrogens is 210 g/mol. The number of amides is 1. The van der Waals surface area contributed by atoms with Crippen LogP contribution in [-0.4, -0.2) is 41.5 Å². The zero-order valence-electron chi connectivity index (χ0n) is 9.64. The molecule has 1 rings (SSSR count). The van der Waals surface area contributed by atoms with Gasteiger partial charge in [-0.3, -0.25) is 14.3 Å². The summed E-state index contributed by atoms with van der Waals surface area (Å²) < 4.78 is 6.78. The second-order valence-corrected chi connectivity index (χ2v) is 3.11. The summed E-state index contributed by atoms with van der Waals surface area (Å²) in [6, 6.07) is 0. The molecule has 88 valence electrons. The first-order valence-corrected chi connectivity index (χ1v) is 4.69. The van der Waals surface area contributed by atoms with Gasteiger partial charge in [-0.1, -0.05) is 12.7 Å². The van der Waals surface area contributed by atoms with E-state index in [-0.39, 0.29) is 11.8 Å². The van der Waals surface area contributed by atoms with Crippen LogP contribution in [0.2, 0.25) is 0 Å². The summed E-state index contributed by atoms with van der Waals surface area (Å²) >= 11 is 0. The van der Waals surface area contributed by atoms with Crippen LogP contribution in [0.4, 0.5) is 0 Å². The lowest BCUT2D eigenvalue weighted by Gasteiger charge is -2.12. The van der Waals surface area contributed by atoms with E-state index in [0.717, 1.165) is 5.06 Å². The number of aromatic nitrogens is 2. The Bertz CT molecular complexity index is 387. The minimum absolute atomic E-state index is 0.274. The molecule has 0 aliphatic carbocycles. The molecule has 1 aromatic rings. The summed E-state index contributed by atoms with van der Waals surface area (Å²) in [7, 11) is 4.65. The molecule has 1 aromatic heterocycles. The highest BCUT2D eigenvalue weighted by Gasteiger charge is 2.20. The van der Waals surface area contributed by atoms with Crippen molar-refractivity contribution >= 4 is 5.91 Å². The molecule has 0 saturated heterocycles. The molecule has 0 fully saturated rings. The normalized spacial score (nSPS) is 9.94. The average Bonchev–Trinajstić information content (AvgIpc) is 2.65. The minimum atomic E-state index is -0.310. The zero-order valence-corrected chi connectivity index (χ0v) is 9.64. The number of aryl methyl sites for hydroxylation is 1. The lowest BCUT2D eigenvalue weighted by molar-refractivity contribution is -0.0758. The summed E-state index contributed by atoms with van der Waals surface area (Å²) in [4.78, 5) is 16.6. The first kappa shape index (κ1) is 12.3. The first-order valence-electron chi connectivity index (χ1n) is 4.69. The van der Waals surface area contributed by atoms with E-state index < -0.39 is 0 Å². The lowest BCUT2D eigenvalue weighted by atomic mass is 10.3. The Kier molecular flexibility index (Phi) is 4.07. The van der Waals surface area contributed by atoms with Crippen LogP contribution in [0.25, 0.3) is 0 Å². The number of hydroxylamine groups is 2. The average molecular weight is 225 g/mol. The zero-order chi connectivity index (χ0) is 12.1. The molecule has 1 amide bonds. The topological polar surface area (TPSA) is 56.6 Å². The summed E-state index contributed by atoms with van der Waals surface area (Å²) in [5, 5.41) is 5.14. The third-order valence-corrected chi connectivity index (χ3v) is 1.92. The molecule has 0 unspecified atom stereocenters. The van der Waals surface area contributed by atoms with Gasteiger partial charge in [0.05, 0.1) is 7.11 Å². The molecule has 0 bridgehead atoms. The summed E-state index contributed by atoms with van der Waals surface area (Å²) in [6.07, 6.45) is 3.17. The molecule has 0 radical (unpaired) electrons. The Morgan fingerprint density at radius 3 is 3.00 bits per heavy atom. The van der Waals surface area contributed by atoms with Crippen molar-refractivity contribution in [2.75, 3.05) is 20.8 Å². The fourth-order valence-corrected chi connectivity index (χ4v) is 1.11. The van der Waals surface area contributed by atoms with Crippen molar-refractivity contribution in [3.8, 4) is 5.88 Å². The van der Waals surface area contributed by atoms with E-state index >= 15 is 0 Å². The number of hydrogen-bond donors (Lipinski definition) is 0. The summed E-state index contributed by atoms with van der Waals surface area (Å²) in [6.45, 7) is 3.83. The van der Waals surface area contributed by atoms with Crippen molar-refractivity contribution in [2.24, 2.45) is 7.05 Å². The predicted octanol–water partition coefficient (Wildman–Crippen LogP) is 0.618. The maximum Gasteiger partial charge on any atom is 0.284 e. The fourth-order valence-electron chi connectivity index (χ4n) is 1.11. The van der Waals surface area contributed by atoms with Gasteiger partial charge in [0.2, 0.25) is 5.88 Å². The van der Waals surface area contributed by atoms with Gasteiger partial charge in [0.25, 0.3) is 5.91 Å². The smallest absolute Gasteiger partial charge is 0.284 e. The van der Waals surface area contributed by atoms with Crippen LogP contribution in [0, 0.1) is 0 Å². The van der Waals surface area contributed by atoms with E-state index in [1.165, 1.54) is 18.8 Å². The molecule has 16 heavy (non-hydrogen) atoms. The molecule has 0 aromatic carbocycles. The number of nitrogens with zero attached hydrogens (tertiary/aromatic N) is 3. The predicted molar refractivity (Wildman–Crippen MR) is 58.0 cm³/mol. The van der Waals surface area contributed by atoms with E-state index in [2.05, 4.69) is 11.7 Å². The van der Waals surface area contributed by atoms with Gasteiger partial charge < -0.3 is 4.74 Å². The fraction of sp³-hybridized carbons (Fsp3) is 0.400. The minimum Gasteiger partial charge on any atom is -0.472 e. The van der Waals surface area contributed by atoms with Crippen LogP contribution in [0.1, 0.15) is 10.4 Å². The number of hydrogen-bond acceptors (Lipinski definition) is 4. The van der Waals surface area contributed by atoms with E-state index in [1.54, 1.807) is 19.3 Å². The number of ether oxygens (including phenoxy) is 1. The number of rotatable bonds is 5. The van der Waals surface area contributed by atoms with Gasteiger partial charge >= 0.3 is 0 Å². The second-order valence-electron chi connectivity index (χ2n) is 3.11. The second kappa shape index (κ2) is 5.32. The Labute approximate surface area is 94.0 Å². The molecule has 0 aliphatic rings. The van der Waals surface area contributed by atoms with Gasteiger partial charge in [0.1, 0.15) is 12.2 Å². The third kappa shape index (κ3) is 2.60. The molecule has 0 saturated carbocycles. The van der Waals surface area contributed by atoms with Crippen molar-refractivity contribution in [2.45, 2.75) is 0 Å². The quantitative estimate of drug-likeness (QED) is 0.544. The van der Waals surface area contributed by atoms with Crippen LogP contribution in [0.5, 0.6) is 5.88 Å². The third-order valence-electron chi connectivity index (χ3n) is 1.92. The maximum atomic E-state index is 11.8. The molecule has 0 atom stereocenters. The first-order chi connectivity index (χ1) is 7.60. The van der Waals surface area contributed by atoms with Gasteiger partial charge in [-0.25, -0.2) is 5.06 Å². The van der Waals surface area contributed by atoms with E-state index in [1.807, 2.05) is 0 Å². The molecule has 6 nitrogen and oxygen atoms in total. The Morgan fingerprint density at radius 1 is 1.75 bits per heavy atom. The van der Waals surface area contributed by atoms with Crippen molar-refractivity contribution in [1.82, 2.24) is 14.8 Å². The molecule has 0 spiro atoms. The van der Waals surface area contributed by atoms with Crippen molar-refractivity contribution in [3.05, 3.63) is 24.4 Å². The van der Waals surface area contributed by atoms with Crippen molar-refractivity contribution < 1.29 is 14.4 Å². The van der Waals surface area contributed by atoms with Crippen LogP contribution < -0.4 is 4.74 Å². The van der Waals surface area contributed by atoms with Crippen molar-refractivity contribution in [1.29, 1.82) is 0 Å². The number of carbonyl (C=O) groups is 1. The maximum absolute atomic E-state index is 11.8. The van der Waals surface area contributed by atoms with Crippen LogP contribution in [0.3, 0.4) is 0 Å². The molecule has 0 aliphatic heterocycles. The highest BCUT2D eigenvalue weighted by molar-refractivity contribution is 5.95. The Hall–Kier alpha value is -1.82. The van der Waals surface area contributed by atoms with Gasteiger partial charge in [-0.15, -0.1) is 5.10 Å². The van der Waals surface area contributed by atoms with Gasteiger partial charge in [0, 0.05) is 20.3 Å². The largest absolute Gasteiger partial charge is 0.472 e. The van der Waals surface area contributed by atoms with E-state index in [9.17, 15) is 4.79 Å². The lowest BCUT2D eigenvalue weighted by Crippen LogP contribution is -2.25. The molecule has 0 N–H and O–H groups in total. The van der Waals surface area contributed by atoms with Gasteiger partial charge in [-0.2, -0.15) is 0 Å². The molecule has 6 heteroatoms. The van der Waals surface area contributed by atoms with Gasteiger partial charge in [-0.05, 0) is 0 Å². The van der Waals surface area contributed by atoms with E-state index in [4.69, 9.17) is 9.57 Å². The summed E-state index contributed by atoms with van der Waals surface area (Å²) in [5.41, 5.74) is 0.355. The molecule has 1 heterocycles. The number of carbonyl (C=O) groups excluding carboxylic acids is 1. The summed E-state index contributed by atoms with van der Waals surface area (Å²) in [5.74, 6) is -0.0361. The highest BCUT2D eigenvalue weighted by Crippen LogP contribution is 2.17. The van der Waals surface area contributed by atoms with Crippen LogP contribution >= 0.6 is 0 Å². The Morgan fingerprint density at radius 2 is 2.44 bits per heavy atom. The van der Waals surface area contributed by atoms with Crippen molar-refractivity contribution in [3.63, 3.8) is 0 Å². The Balaban J connectivity index is 2.93. The SMILES string of the molecule is C=CCOc1nn(C)cc1C(=O)N(C)OC. The molecular formula is C10H15N3O3. The standard InChI is InChI=1S/C10H15N3O3/c1-5-6-16-9-8(7-12(2)11-9)10(14)13(3)15-4/h5,7H,1,6H2,2-4H3. The van der Waals surface area contributed by atoms with Gasteiger partial charge in [0.15, 0.2) is 0 Å². The van der Waals surface area contributed by atoms with Crippen LogP contribution in [0.15, 0.2) is 18.9 Å². The van der Waals surface area contributed by atoms with E-state index in [0.29, 0.717) is 12.2 Å². The highest BCUT2D eigenvalue weighted by atomic mass is 16.7. The monoisotopic (exact) mass is 225 g/mol.